The molecule has 3 rings (SSSR count). The number of methoxy groups -OCH3 is 1. The number of aromatic nitrogens is 1. The maximum atomic E-state index is 11.5. The van der Waals surface area contributed by atoms with Crippen molar-refractivity contribution in [3.63, 3.8) is 0 Å². The minimum Gasteiger partial charge on any atom is -0.469 e. The normalized spacial score (nSPS) is 19.4. The highest BCUT2D eigenvalue weighted by atomic mass is 16.5. The third kappa shape index (κ3) is 2.60. The fraction of sp³-hybridized carbons (Fsp3) is 0.429. The van der Waals surface area contributed by atoms with Crippen LogP contribution >= 0.6 is 0 Å². The molecule has 1 atom stereocenters. The Bertz CT molecular complexity index is 576. The molecule has 6 nitrogen and oxygen atoms in total. The fourth-order valence-corrected chi connectivity index (χ4v) is 2.49. The molecule has 0 saturated carbocycles. The first-order valence-electron chi connectivity index (χ1n) is 6.56. The SMILES string of the molecule is COC(=O)C1CCN(Cc2cc(-c3ccco3)on2)C1. The molecule has 6 heteroatoms. The Labute approximate surface area is 116 Å². The zero-order valence-corrected chi connectivity index (χ0v) is 11.2. The van der Waals surface area contributed by atoms with Gasteiger partial charge in [-0.15, -0.1) is 0 Å². The van der Waals surface area contributed by atoms with Crippen LogP contribution in [0, 0.1) is 5.92 Å². The van der Waals surface area contributed by atoms with Crippen LogP contribution in [0.4, 0.5) is 0 Å². The molecule has 2 aromatic heterocycles. The fourth-order valence-electron chi connectivity index (χ4n) is 2.49. The second-order valence-electron chi connectivity index (χ2n) is 4.90. The second-order valence-corrected chi connectivity index (χ2v) is 4.90. The summed E-state index contributed by atoms with van der Waals surface area (Å²) >= 11 is 0. The standard InChI is InChI=1S/C14H16N2O4/c1-18-14(17)10-4-5-16(8-10)9-11-7-13(20-15-11)12-3-2-6-19-12/h2-3,6-7,10H,4-5,8-9H2,1H3. The predicted molar refractivity (Wildman–Crippen MR) is 69.6 cm³/mol. The second kappa shape index (κ2) is 5.50. The van der Waals surface area contributed by atoms with E-state index in [4.69, 9.17) is 13.7 Å². The molecule has 0 spiro atoms. The number of hydrogen-bond donors (Lipinski definition) is 0. The third-order valence-corrected chi connectivity index (χ3v) is 3.52. The maximum Gasteiger partial charge on any atom is 0.310 e. The van der Waals surface area contributed by atoms with E-state index in [1.54, 1.807) is 12.3 Å². The van der Waals surface area contributed by atoms with Crippen LogP contribution in [-0.4, -0.2) is 36.2 Å². The maximum absolute atomic E-state index is 11.5. The lowest BCUT2D eigenvalue weighted by Crippen LogP contribution is -2.23. The molecule has 1 unspecified atom stereocenters. The summed E-state index contributed by atoms with van der Waals surface area (Å²) in [5.74, 6) is 1.12. The van der Waals surface area contributed by atoms with Gasteiger partial charge in [-0.05, 0) is 25.1 Å². The van der Waals surface area contributed by atoms with E-state index in [-0.39, 0.29) is 11.9 Å². The average Bonchev–Trinajstić information content (AvgIpc) is 3.19. The number of likely N-dealkylation sites (tertiary alicyclic amines) is 1. The molecule has 0 N–H and O–H groups in total. The smallest absolute Gasteiger partial charge is 0.310 e. The first-order valence-corrected chi connectivity index (χ1v) is 6.56. The van der Waals surface area contributed by atoms with Crippen molar-refractivity contribution in [3.8, 4) is 11.5 Å². The van der Waals surface area contributed by atoms with Crippen molar-refractivity contribution < 1.29 is 18.5 Å². The number of carbonyl (C=O) groups excluding carboxylic acids is 1. The van der Waals surface area contributed by atoms with Gasteiger partial charge in [0.2, 0.25) is 5.76 Å². The number of carbonyl (C=O) groups is 1. The molecule has 0 aliphatic carbocycles. The van der Waals surface area contributed by atoms with Crippen LogP contribution in [0.3, 0.4) is 0 Å². The predicted octanol–water partition coefficient (Wildman–Crippen LogP) is 1.93. The van der Waals surface area contributed by atoms with Gasteiger partial charge >= 0.3 is 5.97 Å². The first kappa shape index (κ1) is 12.9. The highest BCUT2D eigenvalue weighted by Gasteiger charge is 2.29. The molecule has 0 amide bonds. The number of esters is 1. The van der Waals surface area contributed by atoms with Crippen molar-refractivity contribution >= 4 is 5.97 Å². The van der Waals surface area contributed by atoms with Crippen molar-refractivity contribution in [2.75, 3.05) is 20.2 Å². The van der Waals surface area contributed by atoms with Gasteiger partial charge in [-0.1, -0.05) is 5.16 Å². The highest BCUT2D eigenvalue weighted by Crippen LogP contribution is 2.23. The molecule has 1 fully saturated rings. The van der Waals surface area contributed by atoms with Gasteiger partial charge in [-0.2, -0.15) is 0 Å². The van der Waals surface area contributed by atoms with Gasteiger partial charge in [0.25, 0.3) is 0 Å². The molecule has 20 heavy (non-hydrogen) atoms. The molecule has 1 aliphatic rings. The summed E-state index contributed by atoms with van der Waals surface area (Å²) in [4.78, 5) is 13.6. The summed E-state index contributed by atoms with van der Waals surface area (Å²) in [6.07, 6.45) is 2.43. The van der Waals surface area contributed by atoms with Gasteiger partial charge < -0.3 is 13.7 Å². The number of nitrogens with zero attached hydrogens (tertiary/aromatic N) is 2. The zero-order valence-electron chi connectivity index (χ0n) is 11.2. The third-order valence-electron chi connectivity index (χ3n) is 3.52. The molecule has 0 radical (unpaired) electrons. The van der Waals surface area contributed by atoms with E-state index in [1.165, 1.54) is 7.11 Å². The summed E-state index contributed by atoms with van der Waals surface area (Å²) in [7, 11) is 1.43. The molecular weight excluding hydrogens is 260 g/mol. The topological polar surface area (TPSA) is 68.7 Å². The first-order chi connectivity index (χ1) is 9.76. The van der Waals surface area contributed by atoms with Crippen LogP contribution < -0.4 is 0 Å². The van der Waals surface area contributed by atoms with Crippen LogP contribution in [0.2, 0.25) is 0 Å². The quantitative estimate of drug-likeness (QED) is 0.795. The van der Waals surface area contributed by atoms with Crippen LogP contribution in [0.5, 0.6) is 0 Å². The van der Waals surface area contributed by atoms with Crippen molar-refractivity contribution in [3.05, 3.63) is 30.2 Å². The minimum atomic E-state index is -0.135. The Morgan fingerprint density at radius 3 is 3.20 bits per heavy atom. The van der Waals surface area contributed by atoms with Gasteiger partial charge in [0.1, 0.15) is 0 Å². The van der Waals surface area contributed by atoms with Gasteiger partial charge in [-0.25, -0.2) is 0 Å². The number of furan rings is 1. The lowest BCUT2D eigenvalue weighted by atomic mass is 10.1. The minimum absolute atomic E-state index is 0.0311. The Kier molecular flexibility index (Phi) is 3.56. The molecule has 0 bridgehead atoms. The van der Waals surface area contributed by atoms with Gasteiger partial charge in [0.15, 0.2) is 5.76 Å². The Hall–Kier alpha value is -2.08. The highest BCUT2D eigenvalue weighted by molar-refractivity contribution is 5.72. The Morgan fingerprint density at radius 2 is 2.45 bits per heavy atom. The molecule has 3 heterocycles. The van der Waals surface area contributed by atoms with E-state index in [9.17, 15) is 4.79 Å². The van der Waals surface area contributed by atoms with E-state index in [2.05, 4.69) is 10.1 Å². The largest absolute Gasteiger partial charge is 0.469 e. The van der Waals surface area contributed by atoms with Crippen molar-refractivity contribution in [2.24, 2.45) is 5.92 Å². The summed E-state index contributed by atoms with van der Waals surface area (Å²) in [5, 5.41) is 4.03. The van der Waals surface area contributed by atoms with Crippen LogP contribution in [0.15, 0.2) is 33.4 Å². The summed E-state index contributed by atoms with van der Waals surface area (Å²) in [5.41, 5.74) is 0.835. The summed E-state index contributed by atoms with van der Waals surface area (Å²) < 4.78 is 15.3. The van der Waals surface area contributed by atoms with Crippen LogP contribution in [0.25, 0.3) is 11.5 Å². The van der Waals surface area contributed by atoms with Crippen LogP contribution in [-0.2, 0) is 16.1 Å². The zero-order chi connectivity index (χ0) is 13.9. The van der Waals surface area contributed by atoms with Gasteiger partial charge in [0.05, 0.1) is 25.0 Å². The monoisotopic (exact) mass is 276 g/mol. The number of hydrogen-bond acceptors (Lipinski definition) is 6. The van der Waals surface area contributed by atoms with Gasteiger partial charge in [0, 0.05) is 19.2 Å². The van der Waals surface area contributed by atoms with Crippen molar-refractivity contribution in [2.45, 2.75) is 13.0 Å². The van der Waals surface area contributed by atoms with E-state index < -0.39 is 0 Å². The van der Waals surface area contributed by atoms with E-state index in [1.807, 2.05) is 12.1 Å². The number of rotatable bonds is 4. The van der Waals surface area contributed by atoms with Crippen molar-refractivity contribution in [1.29, 1.82) is 0 Å². The summed E-state index contributed by atoms with van der Waals surface area (Å²) in [6, 6.07) is 5.50. The van der Waals surface area contributed by atoms with Crippen molar-refractivity contribution in [1.82, 2.24) is 10.1 Å². The molecule has 106 valence electrons. The van der Waals surface area contributed by atoms with Crippen LogP contribution in [0.1, 0.15) is 12.1 Å². The molecule has 0 aromatic carbocycles. The average molecular weight is 276 g/mol. The number of ether oxygens (including phenoxy) is 1. The van der Waals surface area contributed by atoms with E-state index in [0.717, 1.165) is 18.7 Å². The Balaban J connectivity index is 1.61. The Morgan fingerprint density at radius 1 is 1.55 bits per heavy atom. The lowest BCUT2D eigenvalue weighted by molar-refractivity contribution is -0.144. The lowest BCUT2D eigenvalue weighted by Gasteiger charge is -2.12. The molecule has 1 aliphatic heterocycles. The van der Waals surface area contributed by atoms with Gasteiger partial charge in [-0.3, -0.25) is 9.69 Å². The van der Waals surface area contributed by atoms with E-state index in [0.29, 0.717) is 24.6 Å². The molecule has 1 saturated heterocycles. The summed E-state index contributed by atoms with van der Waals surface area (Å²) in [6.45, 7) is 2.23. The molecular formula is C14H16N2O4. The molecule has 2 aromatic rings. The van der Waals surface area contributed by atoms with E-state index >= 15 is 0 Å².